The number of carbonyl (C=O) groups excluding carboxylic acids is 2. The largest absolute Gasteiger partial charge is 0.365 e. The first kappa shape index (κ1) is 18.1. The Balaban J connectivity index is 1.53. The number of aryl methyl sites for hydroxylation is 1. The highest BCUT2D eigenvalue weighted by Gasteiger charge is 2.27. The molecule has 2 aromatic rings. The fourth-order valence-electron chi connectivity index (χ4n) is 2.80. The summed E-state index contributed by atoms with van der Waals surface area (Å²) in [4.78, 5) is 25.8. The summed E-state index contributed by atoms with van der Waals surface area (Å²) < 4.78 is 18.4. The topological polar surface area (TPSA) is 58.6 Å². The van der Waals surface area contributed by atoms with E-state index in [0.717, 1.165) is 16.8 Å². The second-order valence-electron chi connectivity index (χ2n) is 6.38. The molecule has 6 heteroatoms. The van der Waals surface area contributed by atoms with Gasteiger partial charge in [0.15, 0.2) is 0 Å². The van der Waals surface area contributed by atoms with Gasteiger partial charge in [0.25, 0.3) is 5.91 Å². The Kier molecular flexibility index (Phi) is 5.63. The molecule has 0 saturated carbocycles. The molecule has 1 atom stereocenters. The summed E-state index contributed by atoms with van der Waals surface area (Å²) in [6.45, 7) is 2.69. The molecule has 1 fully saturated rings. The van der Waals surface area contributed by atoms with Crippen LogP contribution >= 0.6 is 0 Å². The van der Waals surface area contributed by atoms with E-state index >= 15 is 0 Å². The Morgan fingerprint density at radius 2 is 1.88 bits per heavy atom. The summed E-state index contributed by atoms with van der Waals surface area (Å²) in [6, 6.07) is 13.6. The van der Waals surface area contributed by atoms with Crippen LogP contribution in [0, 0.1) is 12.7 Å². The molecule has 1 heterocycles. The second kappa shape index (κ2) is 8.10. The molecule has 3 rings (SSSR count). The van der Waals surface area contributed by atoms with Crippen molar-refractivity contribution in [2.24, 2.45) is 0 Å². The van der Waals surface area contributed by atoms with Crippen molar-refractivity contribution in [3.05, 3.63) is 65.5 Å². The van der Waals surface area contributed by atoms with Gasteiger partial charge in [-0.2, -0.15) is 0 Å². The summed E-state index contributed by atoms with van der Waals surface area (Å²) in [5.74, 6) is -0.590. The van der Waals surface area contributed by atoms with E-state index in [-0.39, 0.29) is 36.8 Å². The fourth-order valence-corrected chi connectivity index (χ4v) is 2.80. The van der Waals surface area contributed by atoms with Gasteiger partial charge < -0.3 is 15.0 Å². The Morgan fingerprint density at radius 3 is 2.58 bits per heavy atom. The van der Waals surface area contributed by atoms with E-state index in [1.54, 1.807) is 17.0 Å². The quantitative estimate of drug-likeness (QED) is 0.894. The van der Waals surface area contributed by atoms with E-state index in [1.165, 1.54) is 12.1 Å². The molecule has 26 heavy (non-hydrogen) atoms. The molecular weight excluding hydrogens is 335 g/mol. The van der Waals surface area contributed by atoms with E-state index < -0.39 is 0 Å². The van der Waals surface area contributed by atoms with Gasteiger partial charge in [-0.3, -0.25) is 9.59 Å². The van der Waals surface area contributed by atoms with Crippen LogP contribution in [0.3, 0.4) is 0 Å². The van der Waals surface area contributed by atoms with Gasteiger partial charge in [-0.1, -0.05) is 29.8 Å². The molecule has 2 amide bonds. The molecule has 0 bridgehead atoms. The van der Waals surface area contributed by atoms with Crippen molar-refractivity contribution in [3.8, 4) is 0 Å². The molecule has 136 valence electrons. The summed E-state index contributed by atoms with van der Waals surface area (Å²) in [7, 11) is 0. The maximum absolute atomic E-state index is 12.9. The minimum atomic E-state index is -0.328. The summed E-state index contributed by atoms with van der Waals surface area (Å²) in [5.41, 5.74) is 2.69. The summed E-state index contributed by atoms with van der Waals surface area (Å²) in [5, 5.41) is 2.82. The van der Waals surface area contributed by atoms with Crippen molar-refractivity contribution in [2.45, 2.75) is 19.4 Å². The first-order chi connectivity index (χ1) is 12.5. The monoisotopic (exact) mass is 356 g/mol. The number of amides is 2. The SMILES string of the molecule is Cc1ccc(N2CC(CNC(=O)Cc3ccc(F)cc3)OCC2=O)cc1. The van der Waals surface area contributed by atoms with Crippen LogP contribution < -0.4 is 10.2 Å². The van der Waals surface area contributed by atoms with Crippen molar-refractivity contribution >= 4 is 17.5 Å². The van der Waals surface area contributed by atoms with Gasteiger partial charge in [0.05, 0.1) is 19.1 Å². The van der Waals surface area contributed by atoms with Crippen molar-refractivity contribution in [1.29, 1.82) is 0 Å². The Morgan fingerprint density at radius 1 is 1.19 bits per heavy atom. The van der Waals surface area contributed by atoms with Crippen molar-refractivity contribution in [3.63, 3.8) is 0 Å². The van der Waals surface area contributed by atoms with Crippen molar-refractivity contribution in [2.75, 3.05) is 24.6 Å². The molecule has 0 aliphatic carbocycles. The van der Waals surface area contributed by atoms with E-state index in [9.17, 15) is 14.0 Å². The average Bonchev–Trinajstić information content (AvgIpc) is 2.64. The zero-order chi connectivity index (χ0) is 18.5. The molecule has 2 aromatic carbocycles. The Labute approximate surface area is 151 Å². The van der Waals surface area contributed by atoms with Gasteiger partial charge in [0.1, 0.15) is 12.4 Å². The number of halogens is 1. The van der Waals surface area contributed by atoms with E-state index in [1.807, 2.05) is 31.2 Å². The van der Waals surface area contributed by atoms with Gasteiger partial charge in [-0.15, -0.1) is 0 Å². The minimum absolute atomic E-state index is 0.00756. The number of ether oxygens (including phenoxy) is 1. The first-order valence-corrected chi connectivity index (χ1v) is 8.51. The highest BCUT2D eigenvalue weighted by molar-refractivity contribution is 5.95. The molecule has 5 nitrogen and oxygen atoms in total. The third kappa shape index (κ3) is 4.67. The van der Waals surface area contributed by atoms with E-state index in [4.69, 9.17) is 4.74 Å². The maximum Gasteiger partial charge on any atom is 0.253 e. The van der Waals surface area contributed by atoms with Crippen molar-refractivity contribution in [1.82, 2.24) is 5.32 Å². The standard InChI is InChI=1S/C20H21FN2O3/c1-14-2-8-17(9-3-14)23-12-18(26-13-20(23)25)11-22-19(24)10-15-4-6-16(21)7-5-15/h2-9,18H,10-13H2,1H3,(H,22,24). The van der Waals surface area contributed by atoms with Crippen LogP contribution in [0.2, 0.25) is 0 Å². The zero-order valence-electron chi connectivity index (χ0n) is 14.6. The predicted octanol–water partition coefficient (Wildman–Crippen LogP) is 2.22. The second-order valence-corrected chi connectivity index (χ2v) is 6.38. The van der Waals surface area contributed by atoms with Gasteiger partial charge in [-0.25, -0.2) is 4.39 Å². The number of benzene rings is 2. The van der Waals surface area contributed by atoms with E-state index in [0.29, 0.717) is 13.1 Å². The maximum atomic E-state index is 12.9. The number of hydrogen-bond acceptors (Lipinski definition) is 3. The van der Waals surface area contributed by atoms with Crippen LogP contribution in [0.4, 0.5) is 10.1 Å². The van der Waals surface area contributed by atoms with Crippen LogP contribution in [-0.4, -0.2) is 37.6 Å². The smallest absolute Gasteiger partial charge is 0.253 e. The molecule has 0 spiro atoms. The van der Waals surface area contributed by atoms with Gasteiger partial charge in [0, 0.05) is 12.2 Å². The minimum Gasteiger partial charge on any atom is -0.365 e. The molecule has 1 aliphatic rings. The Bertz CT molecular complexity index is 775. The molecule has 0 aromatic heterocycles. The van der Waals surface area contributed by atoms with Gasteiger partial charge >= 0.3 is 0 Å². The average molecular weight is 356 g/mol. The summed E-state index contributed by atoms with van der Waals surface area (Å²) in [6.07, 6.45) is -0.0979. The van der Waals surface area contributed by atoms with Crippen LogP contribution in [0.1, 0.15) is 11.1 Å². The number of carbonyl (C=O) groups is 2. The number of morpholine rings is 1. The number of rotatable bonds is 5. The fraction of sp³-hybridized carbons (Fsp3) is 0.300. The highest BCUT2D eigenvalue weighted by Crippen LogP contribution is 2.19. The lowest BCUT2D eigenvalue weighted by atomic mass is 10.1. The highest BCUT2D eigenvalue weighted by atomic mass is 19.1. The number of anilines is 1. The lowest BCUT2D eigenvalue weighted by molar-refractivity contribution is -0.129. The van der Waals surface area contributed by atoms with Crippen LogP contribution in [0.5, 0.6) is 0 Å². The number of hydrogen-bond donors (Lipinski definition) is 1. The Hall–Kier alpha value is -2.73. The zero-order valence-corrected chi connectivity index (χ0v) is 14.6. The third-order valence-electron chi connectivity index (χ3n) is 4.28. The predicted molar refractivity (Wildman–Crippen MR) is 96.4 cm³/mol. The molecule has 1 aliphatic heterocycles. The first-order valence-electron chi connectivity index (χ1n) is 8.51. The normalized spacial score (nSPS) is 17.2. The van der Waals surface area contributed by atoms with E-state index in [2.05, 4.69) is 5.32 Å². The van der Waals surface area contributed by atoms with Gasteiger partial charge in [0.2, 0.25) is 5.91 Å². The third-order valence-corrected chi connectivity index (χ3v) is 4.28. The summed E-state index contributed by atoms with van der Waals surface area (Å²) >= 11 is 0. The molecule has 0 radical (unpaired) electrons. The molecule has 1 saturated heterocycles. The number of nitrogens with zero attached hydrogens (tertiary/aromatic N) is 1. The number of nitrogens with one attached hydrogen (secondary N) is 1. The van der Waals surface area contributed by atoms with Gasteiger partial charge in [-0.05, 0) is 36.8 Å². The van der Waals surface area contributed by atoms with Crippen LogP contribution in [0.15, 0.2) is 48.5 Å². The lowest BCUT2D eigenvalue weighted by Crippen LogP contribution is -2.50. The molecular formula is C20H21FN2O3. The van der Waals surface area contributed by atoms with Crippen LogP contribution in [0.25, 0.3) is 0 Å². The molecule has 1 N–H and O–H groups in total. The lowest BCUT2D eigenvalue weighted by Gasteiger charge is -2.33. The van der Waals surface area contributed by atoms with Crippen LogP contribution in [-0.2, 0) is 20.7 Å². The van der Waals surface area contributed by atoms with Crippen molar-refractivity contribution < 1.29 is 18.7 Å². The molecule has 1 unspecified atom stereocenters.